The van der Waals surface area contributed by atoms with E-state index in [4.69, 9.17) is 0 Å². The van der Waals surface area contributed by atoms with Gasteiger partial charge in [-0.15, -0.1) is 10.8 Å². The molecule has 2 aromatic heterocycles. The molecule has 4 aromatic rings. The van der Waals surface area contributed by atoms with E-state index in [1.807, 2.05) is 95.7 Å². The predicted molar refractivity (Wildman–Crippen MR) is 90.4 cm³/mol. The summed E-state index contributed by atoms with van der Waals surface area (Å²) < 4.78 is 0. The Morgan fingerprint density at radius 1 is 0.571 bits per heavy atom. The molecular weight excluding hydrogens is 328 g/mol. The molecule has 0 amide bonds. The van der Waals surface area contributed by atoms with E-state index in [2.05, 4.69) is 10.8 Å². The molecule has 0 N–H and O–H groups in total. The monoisotopic (exact) mass is 344 g/mol. The molecule has 0 saturated carbocycles. The van der Waals surface area contributed by atoms with Crippen LogP contribution in [0.25, 0.3) is 0 Å². The zero-order chi connectivity index (χ0) is 14.1. The molecule has 0 radical (unpaired) electrons. The average Bonchev–Trinajstić information content (AvgIpc) is 3.40. The summed E-state index contributed by atoms with van der Waals surface area (Å²) in [5.41, 5.74) is 0. The zero-order valence-corrected chi connectivity index (χ0v) is 14.7. The molecule has 0 fully saturated rings. The van der Waals surface area contributed by atoms with Gasteiger partial charge in [0.2, 0.25) is 0 Å². The first-order valence-electron chi connectivity index (χ1n) is 6.12. The molecule has 3 heteroatoms. The van der Waals surface area contributed by atoms with Crippen molar-refractivity contribution < 1.29 is 21.7 Å². The van der Waals surface area contributed by atoms with Crippen LogP contribution in [0.15, 0.2) is 95.7 Å². The summed E-state index contributed by atoms with van der Waals surface area (Å²) in [4.78, 5) is 0. The summed E-state index contributed by atoms with van der Waals surface area (Å²) in [6.45, 7) is 0. The molecule has 0 aliphatic heterocycles. The van der Waals surface area contributed by atoms with Gasteiger partial charge in [0.15, 0.2) is 0 Å². The summed E-state index contributed by atoms with van der Waals surface area (Å²) in [5.74, 6) is 0. The van der Waals surface area contributed by atoms with E-state index in [9.17, 15) is 0 Å². The maximum absolute atomic E-state index is 2.90. The van der Waals surface area contributed by atoms with Gasteiger partial charge in [0, 0.05) is 0 Å². The van der Waals surface area contributed by atoms with Crippen molar-refractivity contribution in [2.45, 2.75) is 0 Å². The van der Waals surface area contributed by atoms with E-state index in [0.29, 0.717) is 0 Å². The Balaban J connectivity index is 0.000000250. The fraction of sp³-hybridized carbons (Fsp3) is 0. The topological polar surface area (TPSA) is 0 Å². The first-order chi connectivity index (χ1) is 10.0. The summed E-state index contributed by atoms with van der Waals surface area (Å²) in [7, 11) is 0. The summed E-state index contributed by atoms with van der Waals surface area (Å²) in [6.07, 6.45) is 0. The normalized spacial score (nSPS) is 7.62. The fourth-order valence-corrected chi connectivity index (χ4v) is 1.82. The average molecular weight is 344 g/mol. The minimum absolute atomic E-state index is 0. The minimum Gasteiger partial charge on any atom is -0.304 e. The second-order valence-corrected chi connectivity index (χ2v) is 4.87. The molecule has 0 aliphatic rings. The smallest absolute Gasteiger partial charge is 0.304 e. The second kappa shape index (κ2) is 16.9. The predicted octanol–water partition coefficient (Wildman–Crippen LogP) is 5.91. The van der Waals surface area contributed by atoms with E-state index in [1.165, 1.54) is 0 Å². The van der Waals surface area contributed by atoms with Crippen molar-refractivity contribution in [2.75, 3.05) is 0 Å². The third-order valence-corrected chi connectivity index (χ3v) is 3.00. The molecule has 0 unspecified atom stereocenters. The van der Waals surface area contributed by atoms with Crippen molar-refractivity contribution >= 4 is 22.7 Å². The van der Waals surface area contributed by atoms with Gasteiger partial charge < -0.3 is 22.7 Å². The van der Waals surface area contributed by atoms with Crippen molar-refractivity contribution in [1.82, 2.24) is 0 Å². The maximum Gasteiger partial charge on any atom is 4.00 e. The molecule has 0 atom stereocenters. The van der Waals surface area contributed by atoms with Gasteiger partial charge in [-0.1, -0.05) is 0 Å². The summed E-state index contributed by atoms with van der Waals surface area (Å²) in [6, 6.07) is 27.7. The Kier molecular flexibility index (Phi) is 15.9. The van der Waals surface area contributed by atoms with E-state index in [0.717, 1.165) is 0 Å². The van der Waals surface area contributed by atoms with Gasteiger partial charge in [-0.05, 0) is 0 Å². The molecule has 0 spiro atoms. The fourth-order valence-electron chi connectivity index (χ4n) is 1.03. The van der Waals surface area contributed by atoms with Crippen molar-refractivity contribution in [2.24, 2.45) is 0 Å². The van der Waals surface area contributed by atoms with Crippen molar-refractivity contribution in [3.8, 4) is 0 Å². The van der Waals surface area contributed by atoms with Gasteiger partial charge in [0.05, 0.1) is 0 Å². The molecule has 104 valence electrons. The van der Waals surface area contributed by atoms with Gasteiger partial charge in [0.25, 0.3) is 0 Å². The molecule has 2 aromatic carbocycles. The Morgan fingerprint density at radius 2 is 0.952 bits per heavy atom. The van der Waals surface area contributed by atoms with Crippen LogP contribution in [-0.4, -0.2) is 0 Å². The molecule has 0 saturated heterocycles. The second-order valence-electron chi connectivity index (χ2n) is 3.39. The first-order valence-corrected chi connectivity index (χ1v) is 7.88. The maximum atomic E-state index is 2.90. The van der Waals surface area contributed by atoms with Crippen LogP contribution >= 0.6 is 22.7 Å². The Bertz CT molecular complexity index is 346. The van der Waals surface area contributed by atoms with Crippen LogP contribution in [0.1, 0.15) is 0 Å². The Morgan fingerprint density at radius 3 is 1.05 bits per heavy atom. The number of thiophene rings is 2. The molecule has 0 bridgehead atoms. The quantitative estimate of drug-likeness (QED) is 0.275. The standard InChI is InChI=1S/2C5H5.2C4H3S.Ti/c4*1-2-4-5-3-1;/h2*1-5H;2*1-3H;/q4*-1;+4. The largest absolute Gasteiger partial charge is 4.00 e. The number of rotatable bonds is 0. The van der Waals surface area contributed by atoms with Gasteiger partial charge in [-0.25, -0.2) is 36.4 Å². The SMILES string of the molecule is [Ti+4].[c-]1cccs1.[c-]1cccs1.c1cc[cH-]c1.c1cc[cH-]c1. The Hall–Kier alpha value is -1.19. The first kappa shape index (κ1) is 19.8. The molecule has 0 nitrogen and oxygen atoms in total. The third-order valence-electron chi connectivity index (χ3n) is 1.87. The summed E-state index contributed by atoms with van der Waals surface area (Å²) >= 11 is 3.18. The number of hydrogen-bond donors (Lipinski definition) is 0. The van der Waals surface area contributed by atoms with Crippen LogP contribution in [0.3, 0.4) is 0 Å². The van der Waals surface area contributed by atoms with Crippen LogP contribution in [0.4, 0.5) is 0 Å². The van der Waals surface area contributed by atoms with E-state index in [1.54, 1.807) is 22.7 Å². The molecule has 4 rings (SSSR count). The van der Waals surface area contributed by atoms with Crippen molar-refractivity contribution in [3.05, 3.63) is 106 Å². The van der Waals surface area contributed by atoms with E-state index in [-0.39, 0.29) is 21.7 Å². The van der Waals surface area contributed by atoms with Crippen molar-refractivity contribution in [3.63, 3.8) is 0 Å². The van der Waals surface area contributed by atoms with Crippen LogP contribution < -0.4 is 0 Å². The van der Waals surface area contributed by atoms with Crippen LogP contribution in [0, 0.1) is 10.8 Å². The van der Waals surface area contributed by atoms with E-state index < -0.39 is 0 Å². The third kappa shape index (κ3) is 15.0. The molecule has 2 heterocycles. The number of hydrogen-bond acceptors (Lipinski definition) is 2. The molecule has 0 aliphatic carbocycles. The zero-order valence-electron chi connectivity index (χ0n) is 11.6. The van der Waals surface area contributed by atoms with Gasteiger partial charge >= 0.3 is 21.7 Å². The van der Waals surface area contributed by atoms with Gasteiger partial charge in [0.1, 0.15) is 0 Å². The molecule has 21 heavy (non-hydrogen) atoms. The van der Waals surface area contributed by atoms with Gasteiger partial charge in [-0.3, -0.25) is 0 Å². The van der Waals surface area contributed by atoms with Gasteiger partial charge in [-0.2, -0.15) is 59.3 Å². The molecular formula is C18H16S2Ti. The van der Waals surface area contributed by atoms with E-state index >= 15 is 0 Å². The Labute approximate surface area is 150 Å². The van der Waals surface area contributed by atoms with Crippen LogP contribution in [0.2, 0.25) is 0 Å². The van der Waals surface area contributed by atoms with Crippen molar-refractivity contribution in [1.29, 1.82) is 0 Å². The van der Waals surface area contributed by atoms with Crippen LogP contribution in [-0.2, 0) is 21.7 Å². The minimum atomic E-state index is 0. The van der Waals surface area contributed by atoms with Crippen LogP contribution in [0.5, 0.6) is 0 Å². The summed E-state index contributed by atoms with van der Waals surface area (Å²) in [5, 5.41) is 9.78.